The fraction of sp³-hybridized carbons (Fsp3) is 1.00. The number of nitrogens with zero attached hydrogens (tertiary/aromatic N) is 1. The van der Waals surface area contributed by atoms with Crippen LogP contribution in [0.1, 0.15) is 13.3 Å². The van der Waals surface area contributed by atoms with Crippen LogP contribution < -0.4 is 5.32 Å². The molecular weight excluding hydrogens is 152 g/mol. The van der Waals surface area contributed by atoms with Gasteiger partial charge in [0.1, 0.15) is 0 Å². The number of nitrogens with one attached hydrogen (secondary N) is 1. The van der Waals surface area contributed by atoms with Crippen LogP contribution in [-0.4, -0.2) is 50.8 Å². The van der Waals surface area contributed by atoms with E-state index in [1.54, 1.807) is 7.11 Å². The molecule has 2 unspecified atom stereocenters. The Morgan fingerprint density at radius 3 is 2.83 bits per heavy atom. The van der Waals surface area contributed by atoms with Gasteiger partial charge in [-0.2, -0.15) is 0 Å². The Labute approximate surface area is 75.1 Å². The highest BCUT2D eigenvalue weighted by Crippen LogP contribution is 2.09. The molecule has 0 aromatic rings. The molecule has 2 atom stereocenters. The van der Waals surface area contributed by atoms with Crippen molar-refractivity contribution in [3.8, 4) is 0 Å². The van der Waals surface area contributed by atoms with Crippen molar-refractivity contribution in [1.82, 2.24) is 10.2 Å². The fourth-order valence-corrected chi connectivity index (χ4v) is 1.61. The molecule has 0 aliphatic carbocycles. The van der Waals surface area contributed by atoms with E-state index in [9.17, 15) is 0 Å². The molecule has 1 saturated heterocycles. The van der Waals surface area contributed by atoms with Crippen LogP contribution in [0.2, 0.25) is 0 Å². The first-order valence-corrected chi connectivity index (χ1v) is 4.71. The van der Waals surface area contributed by atoms with Crippen LogP contribution in [0.3, 0.4) is 0 Å². The number of methoxy groups -OCH3 is 1. The van der Waals surface area contributed by atoms with Crippen molar-refractivity contribution in [3.05, 3.63) is 0 Å². The number of rotatable bonds is 4. The molecule has 0 aromatic heterocycles. The number of hydrogen-bond acceptors (Lipinski definition) is 3. The number of ether oxygens (including phenoxy) is 1. The molecule has 1 fully saturated rings. The maximum Gasteiger partial charge on any atom is 0.0711 e. The first kappa shape index (κ1) is 9.96. The summed E-state index contributed by atoms with van der Waals surface area (Å²) in [5.41, 5.74) is 0. The van der Waals surface area contributed by atoms with Gasteiger partial charge in [-0.25, -0.2) is 0 Å². The first-order chi connectivity index (χ1) is 5.76. The molecule has 3 nitrogen and oxygen atoms in total. The van der Waals surface area contributed by atoms with Crippen LogP contribution >= 0.6 is 0 Å². The minimum Gasteiger partial charge on any atom is -0.380 e. The lowest BCUT2D eigenvalue weighted by Gasteiger charge is -2.18. The maximum atomic E-state index is 5.28. The number of hydrogen-bond donors (Lipinski definition) is 1. The average Bonchev–Trinajstić information content (AvgIpc) is 2.52. The normalized spacial score (nSPS) is 30.0. The van der Waals surface area contributed by atoms with Crippen molar-refractivity contribution < 1.29 is 4.74 Å². The summed E-state index contributed by atoms with van der Waals surface area (Å²) in [5, 5.41) is 3.46. The highest BCUT2D eigenvalue weighted by Gasteiger charge is 2.23. The standard InChI is InChI=1S/C9H20N2O/c1-4-11(2)7-8-5-9(12-3)6-10-8/h8-10H,4-7H2,1-3H3. The Hall–Kier alpha value is -0.120. The van der Waals surface area contributed by atoms with E-state index in [0.29, 0.717) is 12.1 Å². The van der Waals surface area contributed by atoms with Crippen molar-refractivity contribution in [3.63, 3.8) is 0 Å². The summed E-state index contributed by atoms with van der Waals surface area (Å²) in [5.74, 6) is 0. The third-order valence-corrected chi connectivity index (χ3v) is 2.59. The quantitative estimate of drug-likeness (QED) is 0.661. The Balaban J connectivity index is 2.18. The predicted octanol–water partition coefficient (Wildman–Crippen LogP) is 0.315. The summed E-state index contributed by atoms with van der Waals surface area (Å²) in [6, 6.07) is 0.625. The van der Waals surface area contributed by atoms with Gasteiger partial charge in [0.25, 0.3) is 0 Å². The van der Waals surface area contributed by atoms with Gasteiger partial charge in [0.2, 0.25) is 0 Å². The molecule has 0 spiro atoms. The molecule has 1 N–H and O–H groups in total. The Morgan fingerprint density at radius 2 is 2.33 bits per heavy atom. The van der Waals surface area contributed by atoms with E-state index in [2.05, 4.69) is 24.2 Å². The second-order valence-corrected chi connectivity index (χ2v) is 3.55. The van der Waals surface area contributed by atoms with Gasteiger partial charge in [-0.15, -0.1) is 0 Å². The molecule has 0 bridgehead atoms. The van der Waals surface area contributed by atoms with Crippen molar-refractivity contribution >= 4 is 0 Å². The second kappa shape index (κ2) is 4.80. The van der Waals surface area contributed by atoms with Crippen molar-refractivity contribution in [2.45, 2.75) is 25.5 Å². The van der Waals surface area contributed by atoms with Gasteiger partial charge in [-0.05, 0) is 20.0 Å². The van der Waals surface area contributed by atoms with Crippen molar-refractivity contribution in [2.24, 2.45) is 0 Å². The van der Waals surface area contributed by atoms with E-state index in [4.69, 9.17) is 4.74 Å². The SMILES string of the molecule is CCN(C)CC1CC(OC)CN1. The molecule has 3 heteroatoms. The maximum absolute atomic E-state index is 5.28. The fourth-order valence-electron chi connectivity index (χ4n) is 1.61. The largest absolute Gasteiger partial charge is 0.380 e. The molecule has 0 amide bonds. The van der Waals surface area contributed by atoms with E-state index in [1.165, 1.54) is 0 Å². The molecule has 0 aromatic carbocycles. The van der Waals surface area contributed by atoms with Gasteiger partial charge in [-0.3, -0.25) is 0 Å². The summed E-state index contributed by atoms with van der Waals surface area (Å²) < 4.78 is 5.28. The second-order valence-electron chi connectivity index (χ2n) is 3.55. The van der Waals surface area contributed by atoms with Gasteiger partial charge >= 0.3 is 0 Å². The summed E-state index contributed by atoms with van der Waals surface area (Å²) >= 11 is 0. The topological polar surface area (TPSA) is 24.5 Å². The lowest BCUT2D eigenvalue weighted by molar-refractivity contribution is 0.116. The molecular formula is C9H20N2O. The molecule has 72 valence electrons. The van der Waals surface area contributed by atoms with Crippen LogP contribution in [0.5, 0.6) is 0 Å². The third-order valence-electron chi connectivity index (χ3n) is 2.59. The minimum absolute atomic E-state index is 0.431. The lowest BCUT2D eigenvalue weighted by Crippen LogP contribution is -2.35. The van der Waals surface area contributed by atoms with Crippen molar-refractivity contribution in [1.29, 1.82) is 0 Å². The minimum atomic E-state index is 0.431. The molecule has 1 aliphatic rings. The molecule has 12 heavy (non-hydrogen) atoms. The molecule has 0 radical (unpaired) electrons. The lowest BCUT2D eigenvalue weighted by atomic mass is 10.2. The van der Waals surface area contributed by atoms with Gasteiger partial charge in [-0.1, -0.05) is 6.92 Å². The van der Waals surface area contributed by atoms with E-state index in [1.807, 2.05) is 0 Å². The van der Waals surface area contributed by atoms with E-state index in [0.717, 1.165) is 26.1 Å². The highest BCUT2D eigenvalue weighted by atomic mass is 16.5. The average molecular weight is 172 g/mol. The zero-order valence-corrected chi connectivity index (χ0v) is 8.34. The summed E-state index contributed by atoms with van der Waals surface area (Å²) in [6.07, 6.45) is 1.58. The predicted molar refractivity (Wildman–Crippen MR) is 50.4 cm³/mol. The van der Waals surface area contributed by atoms with E-state index >= 15 is 0 Å². The molecule has 1 heterocycles. The first-order valence-electron chi connectivity index (χ1n) is 4.71. The van der Waals surface area contributed by atoms with Crippen LogP contribution in [0.4, 0.5) is 0 Å². The Bertz CT molecular complexity index is 130. The summed E-state index contributed by atoms with van der Waals surface area (Å²) in [6.45, 7) is 5.45. The van der Waals surface area contributed by atoms with Gasteiger partial charge in [0.15, 0.2) is 0 Å². The van der Waals surface area contributed by atoms with Crippen molar-refractivity contribution in [2.75, 3.05) is 33.8 Å². The van der Waals surface area contributed by atoms with E-state index < -0.39 is 0 Å². The zero-order valence-electron chi connectivity index (χ0n) is 8.34. The van der Waals surface area contributed by atoms with Gasteiger partial charge < -0.3 is 15.0 Å². The molecule has 0 saturated carbocycles. The van der Waals surface area contributed by atoms with Crippen LogP contribution in [0.15, 0.2) is 0 Å². The number of likely N-dealkylation sites (N-methyl/N-ethyl adjacent to an activating group) is 1. The summed E-state index contributed by atoms with van der Waals surface area (Å²) in [4.78, 5) is 2.33. The van der Waals surface area contributed by atoms with Gasteiger partial charge in [0.05, 0.1) is 6.10 Å². The summed E-state index contributed by atoms with van der Waals surface area (Å²) in [7, 11) is 3.94. The van der Waals surface area contributed by atoms with E-state index in [-0.39, 0.29) is 0 Å². The van der Waals surface area contributed by atoms with Crippen LogP contribution in [0, 0.1) is 0 Å². The van der Waals surface area contributed by atoms with Crippen LogP contribution in [-0.2, 0) is 4.74 Å². The monoisotopic (exact) mass is 172 g/mol. The zero-order chi connectivity index (χ0) is 8.97. The Morgan fingerprint density at radius 1 is 1.58 bits per heavy atom. The Kier molecular flexibility index (Phi) is 3.98. The third kappa shape index (κ3) is 2.73. The molecule has 1 aliphatic heterocycles. The smallest absolute Gasteiger partial charge is 0.0711 e. The van der Waals surface area contributed by atoms with Crippen LogP contribution in [0.25, 0.3) is 0 Å². The van der Waals surface area contributed by atoms with Gasteiger partial charge in [0, 0.05) is 26.2 Å². The highest BCUT2D eigenvalue weighted by molar-refractivity contribution is 4.83. The molecule has 1 rings (SSSR count).